The Bertz CT molecular complexity index is 381. The Morgan fingerprint density at radius 3 is 2.69 bits per heavy atom. The van der Waals surface area contributed by atoms with Crippen LogP contribution in [-0.4, -0.2) is 11.1 Å². The van der Waals surface area contributed by atoms with Crippen molar-refractivity contribution in [1.29, 1.82) is 0 Å². The van der Waals surface area contributed by atoms with Gasteiger partial charge in [0.2, 0.25) is 0 Å². The standard InChI is InChI=1S/C14H22N2/c15-13-5-8-3-9(6-13)14(16)4-7-1-10(8)12(14)11(13)2-7/h7-12H,1-6,15-16H2/t7?,8-,9+,10?,11?,12-,13+,14?/m1/s1. The maximum Gasteiger partial charge on any atom is 0.0221 e. The topological polar surface area (TPSA) is 52.0 Å². The van der Waals surface area contributed by atoms with Crippen molar-refractivity contribution < 1.29 is 0 Å². The first kappa shape index (κ1) is 8.93. The van der Waals surface area contributed by atoms with E-state index in [9.17, 15) is 0 Å². The second-order valence-electron chi connectivity index (χ2n) is 7.78. The first-order valence-electron chi connectivity index (χ1n) is 7.18. The van der Waals surface area contributed by atoms with Crippen molar-refractivity contribution >= 4 is 0 Å². The predicted octanol–water partition coefficient (Wildman–Crippen LogP) is 1.49. The molecule has 2 nitrogen and oxygen atoms in total. The Kier molecular flexibility index (Phi) is 1.25. The first-order chi connectivity index (χ1) is 7.60. The highest BCUT2D eigenvalue weighted by Gasteiger charge is 2.72. The van der Waals surface area contributed by atoms with Gasteiger partial charge in [0.15, 0.2) is 0 Å². The van der Waals surface area contributed by atoms with Gasteiger partial charge in [0.1, 0.15) is 0 Å². The maximum absolute atomic E-state index is 6.86. The quantitative estimate of drug-likeness (QED) is 0.647. The minimum Gasteiger partial charge on any atom is -0.325 e. The van der Waals surface area contributed by atoms with Crippen molar-refractivity contribution in [2.75, 3.05) is 0 Å². The molecule has 7 aliphatic carbocycles. The molecule has 0 aliphatic heterocycles. The molecule has 0 heterocycles. The zero-order chi connectivity index (χ0) is 10.7. The molecule has 16 heavy (non-hydrogen) atoms. The molecule has 2 heteroatoms. The molecule has 4 N–H and O–H groups in total. The third-order valence-electron chi connectivity index (χ3n) is 7.31. The van der Waals surface area contributed by atoms with Crippen molar-refractivity contribution in [1.82, 2.24) is 0 Å². The van der Waals surface area contributed by atoms with Gasteiger partial charge in [0.25, 0.3) is 0 Å². The molecular weight excluding hydrogens is 196 g/mol. The molecule has 7 aliphatic rings. The van der Waals surface area contributed by atoms with Crippen LogP contribution in [0.5, 0.6) is 0 Å². The normalized spacial score (nSPS) is 73.9. The highest BCUT2D eigenvalue weighted by Crippen LogP contribution is 2.72. The average molecular weight is 218 g/mol. The lowest BCUT2D eigenvalue weighted by molar-refractivity contribution is -0.222. The summed E-state index contributed by atoms with van der Waals surface area (Å²) >= 11 is 0. The van der Waals surface area contributed by atoms with E-state index in [1.54, 1.807) is 0 Å². The fourth-order valence-corrected chi connectivity index (χ4v) is 7.13. The Labute approximate surface area is 97.1 Å². The third-order valence-corrected chi connectivity index (χ3v) is 7.31. The van der Waals surface area contributed by atoms with Gasteiger partial charge in [-0.15, -0.1) is 0 Å². The highest BCUT2D eigenvalue weighted by molar-refractivity contribution is 5.26. The van der Waals surface area contributed by atoms with Crippen LogP contribution in [0.4, 0.5) is 0 Å². The summed E-state index contributed by atoms with van der Waals surface area (Å²) in [6.45, 7) is 0. The number of hydrogen-bond acceptors (Lipinski definition) is 2. The minimum absolute atomic E-state index is 0.205. The van der Waals surface area contributed by atoms with Crippen LogP contribution in [0.25, 0.3) is 0 Å². The summed E-state index contributed by atoms with van der Waals surface area (Å²) in [5, 5.41) is 0. The Balaban J connectivity index is 1.76. The van der Waals surface area contributed by atoms with Crippen LogP contribution in [-0.2, 0) is 0 Å². The van der Waals surface area contributed by atoms with Crippen LogP contribution in [0.2, 0.25) is 0 Å². The zero-order valence-electron chi connectivity index (χ0n) is 9.86. The van der Waals surface area contributed by atoms with Crippen LogP contribution in [0.15, 0.2) is 0 Å². The largest absolute Gasteiger partial charge is 0.325 e. The summed E-state index contributed by atoms with van der Waals surface area (Å²) in [4.78, 5) is 0. The van der Waals surface area contributed by atoms with Gasteiger partial charge in [-0.3, -0.25) is 0 Å². The maximum atomic E-state index is 6.86. The van der Waals surface area contributed by atoms with Crippen molar-refractivity contribution in [3.63, 3.8) is 0 Å². The third kappa shape index (κ3) is 0.717. The summed E-state index contributed by atoms with van der Waals surface area (Å²) in [5.74, 6) is 5.23. The molecule has 8 bridgehead atoms. The molecular formula is C14H22N2. The van der Waals surface area contributed by atoms with Gasteiger partial charge >= 0.3 is 0 Å². The van der Waals surface area contributed by atoms with E-state index in [0.717, 1.165) is 35.5 Å². The molecule has 7 rings (SSSR count). The molecule has 0 saturated heterocycles. The summed E-state index contributed by atoms with van der Waals surface area (Å²) in [6.07, 6.45) is 8.23. The van der Waals surface area contributed by atoms with E-state index in [0.29, 0.717) is 0 Å². The van der Waals surface area contributed by atoms with Crippen molar-refractivity contribution in [3.8, 4) is 0 Å². The summed E-state index contributed by atoms with van der Waals surface area (Å²) < 4.78 is 0. The van der Waals surface area contributed by atoms with Gasteiger partial charge in [-0.25, -0.2) is 0 Å². The molecule has 7 fully saturated rings. The average Bonchev–Trinajstić information content (AvgIpc) is 2.24. The van der Waals surface area contributed by atoms with Gasteiger partial charge < -0.3 is 11.5 Å². The zero-order valence-corrected chi connectivity index (χ0v) is 9.86. The minimum atomic E-state index is 0.205. The molecule has 0 spiro atoms. The fourth-order valence-electron chi connectivity index (χ4n) is 7.13. The second kappa shape index (κ2) is 2.24. The van der Waals surface area contributed by atoms with Crippen LogP contribution in [0, 0.1) is 35.5 Å². The van der Waals surface area contributed by atoms with Crippen LogP contribution in [0.3, 0.4) is 0 Å². The van der Waals surface area contributed by atoms with Crippen LogP contribution < -0.4 is 11.5 Å². The lowest BCUT2D eigenvalue weighted by atomic mass is 9.32. The summed E-state index contributed by atoms with van der Waals surface area (Å²) in [5.41, 5.74) is 14.0. The van der Waals surface area contributed by atoms with E-state index in [-0.39, 0.29) is 11.1 Å². The molecule has 8 atom stereocenters. The van der Waals surface area contributed by atoms with Gasteiger partial charge in [-0.1, -0.05) is 0 Å². The second-order valence-corrected chi connectivity index (χ2v) is 7.78. The molecule has 0 radical (unpaired) electrons. The highest BCUT2D eigenvalue weighted by atomic mass is 15.0. The van der Waals surface area contributed by atoms with Gasteiger partial charge in [0, 0.05) is 11.1 Å². The molecule has 7 saturated carbocycles. The van der Waals surface area contributed by atoms with Gasteiger partial charge in [-0.2, -0.15) is 0 Å². The lowest BCUT2D eigenvalue weighted by Crippen LogP contribution is -2.80. The summed E-state index contributed by atoms with van der Waals surface area (Å²) in [6, 6.07) is 0. The van der Waals surface area contributed by atoms with E-state index >= 15 is 0 Å². The van der Waals surface area contributed by atoms with Crippen molar-refractivity contribution in [2.45, 2.75) is 49.6 Å². The van der Waals surface area contributed by atoms with Crippen LogP contribution in [0.1, 0.15) is 38.5 Å². The number of rotatable bonds is 0. The molecule has 0 amide bonds. The molecule has 4 unspecified atom stereocenters. The van der Waals surface area contributed by atoms with E-state index < -0.39 is 0 Å². The predicted molar refractivity (Wildman–Crippen MR) is 62.5 cm³/mol. The molecule has 0 aromatic heterocycles. The number of hydrogen-bond donors (Lipinski definition) is 2. The molecule has 88 valence electrons. The van der Waals surface area contributed by atoms with Gasteiger partial charge in [-0.05, 0) is 74.0 Å². The van der Waals surface area contributed by atoms with Crippen molar-refractivity contribution in [2.24, 2.45) is 47.0 Å². The first-order valence-corrected chi connectivity index (χ1v) is 7.18. The Hall–Kier alpha value is -0.0800. The van der Waals surface area contributed by atoms with E-state index in [2.05, 4.69) is 0 Å². The Morgan fingerprint density at radius 2 is 1.81 bits per heavy atom. The monoisotopic (exact) mass is 218 g/mol. The van der Waals surface area contributed by atoms with Gasteiger partial charge in [0.05, 0.1) is 0 Å². The van der Waals surface area contributed by atoms with Crippen molar-refractivity contribution in [3.05, 3.63) is 0 Å². The van der Waals surface area contributed by atoms with Crippen LogP contribution >= 0.6 is 0 Å². The fraction of sp³-hybridized carbons (Fsp3) is 1.00. The smallest absolute Gasteiger partial charge is 0.0221 e. The van der Waals surface area contributed by atoms with E-state index in [1.165, 1.54) is 38.5 Å². The SMILES string of the molecule is NC12CC3CC4[C@@H]5C[C@H]1C[C@@](N)(C5)C(C3)[C@@H]42. The Morgan fingerprint density at radius 1 is 0.938 bits per heavy atom. The molecule has 0 aromatic carbocycles. The summed E-state index contributed by atoms with van der Waals surface area (Å²) in [7, 11) is 0. The van der Waals surface area contributed by atoms with E-state index in [4.69, 9.17) is 11.5 Å². The van der Waals surface area contributed by atoms with E-state index in [1.807, 2.05) is 0 Å². The molecule has 0 aromatic rings. The number of nitrogens with two attached hydrogens (primary N) is 2. The lowest BCUT2D eigenvalue weighted by Gasteiger charge is -2.76.